The molecule has 2 aliphatic rings. The number of aliphatic hydroxyl groups excluding tert-OH is 1. The zero-order chi connectivity index (χ0) is 13.9. The lowest BCUT2D eigenvalue weighted by molar-refractivity contribution is -0.190. The van der Waals surface area contributed by atoms with Crippen LogP contribution in [0.5, 0.6) is 0 Å². The fourth-order valence-corrected chi connectivity index (χ4v) is 3.33. The molecule has 0 aromatic carbocycles. The van der Waals surface area contributed by atoms with Crippen LogP contribution in [0.3, 0.4) is 0 Å². The van der Waals surface area contributed by atoms with E-state index in [0.717, 1.165) is 25.9 Å². The average molecular weight is 274 g/mol. The second-order valence-electron chi connectivity index (χ2n) is 5.40. The Kier molecular flexibility index (Phi) is 5.16. The summed E-state index contributed by atoms with van der Waals surface area (Å²) >= 11 is 0. The van der Waals surface area contributed by atoms with E-state index in [9.17, 15) is 5.11 Å². The van der Waals surface area contributed by atoms with Gasteiger partial charge < -0.3 is 19.3 Å². The molecule has 1 saturated carbocycles. The summed E-state index contributed by atoms with van der Waals surface area (Å²) in [5.74, 6) is -0.0297. The third kappa shape index (κ3) is 2.79. The quantitative estimate of drug-likeness (QED) is 0.596. The first-order valence-electron chi connectivity index (χ1n) is 6.91. The van der Waals surface area contributed by atoms with Crippen LogP contribution < -0.4 is 10.6 Å². The molecule has 2 fully saturated rings. The summed E-state index contributed by atoms with van der Waals surface area (Å²) in [6.07, 6.45) is 1.06. The van der Waals surface area contributed by atoms with Crippen molar-refractivity contribution < 1.29 is 19.3 Å². The third-order valence-electron chi connectivity index (χ3n) is 4.41. The van der Waals surface area contributed by atoms with E-state index in [-0.39, 0.29) is 23.8 Å². The Morgan fingerprint density at radius 1 is 1.26 bits per heavy atom. The van der Waals surface area contributed by atoms with Crippen LogP contribution in [0.2, 0.25) is 0 Å². The summed E-state index contributed by atoms with van der Waals surface area (Å²) in [5, 5.41) is 17.6. The molecule has 0 unspecified atom stereocenters. The van der Waals surface area contributed by atoms with Crippen LogP contribution in [-0.2, 0) is 14.2 Å². The number of aliphatic hydroxyl groups is 1. The molecule has 2 rings (SSSR count). The highest BCUT2D eigenvalue weighted by molar-refractivity contribution is 5.12. The zero-order valence-corrected chi connectivity index (χ0v) is 12.0. The van der Waals surface area contributed by atoms with E-state index in [1.165, 1.54) is 0 Å². The Morgan fingerprint density at radius 3 is 2.47 bits per heavy atom. The molecule has 0 amide bonds. The van der Waals surface area contributed by atoms with Crippen molar-refractivity contribution in [2.45, 2.75) is 36.8 Å². The Labute approximate surface area is 114 Å². The summed E-state index contributed by atoms with van der Waals surface area (Å²) in [6, 6.07) is 0. The van der Waals surface area contributed by atoms with Gasteiger partial charge in [0.1, 0.15) is 6.10 Å². The number of hydrogen-bond donors (Lipinski definition) is 3. The topological polar surface area (TPSA) is 72.0 Å². The van der Waals surface area contributed by atoms with Gasteiger partial charge in [0.15, 0.2) is 0 Å². The molecule has 1 spiro atoms. The van der Waals surface area contributed by atoms with Gasteiger partial charge in [-0.2, -0.15) is 0 Å². The van der Waals surface area contributed by atoms with E-state index < -0.39 is 6.10 Å². The van der Waals surface area contributed by atoms with Crippen molar-refractivity contribution in [2.24, 2.45) is 5.92 Å². The molecule has 0 radical (unpaired) electrons. The maximum Gasteiger partial charge on any atom is 0.107 e. The molecule has 6 nitrogen and oxygen atoms in total. The first-order valence-corrected chi connectivity index (χ1v) is 6.91. The highest BCUT2D eigenvalue weighted by Gasteiger charge is 2.58. The fraction of sp³-hybridized carbons (Fsp3) is 1.00. The third-order valence-corrected chi connectivity index (χ3v) is 4.41. The molecule has 112 valence electrons. The van der Waals surface area contributed by atoms with Crippen LogP contribution in [-0.4, -0.2) is 70.1 Å². The van der Waals surface area contributed by atoms with Gasteiger partial charge in [0.25, 0.3) is 0 Å². The van der Waals surface area contributed by atoms with Gasteiger partial charge in [0.2, 0.25) is 0 Å². The van der Waals surface area contributed by atoms with Gasteiger partial charge in [-0.05, 0) is 19.5 Å². The van der Waals surface area contributed by atoms with Crippen molar-refractivity contribution in [3.05, 3.63) is 0 Å². The molecule has 6 heteroatoms. The molecule has 1 aliphatic carbocycles. The van der Waals surface area contributed by atoms with Crippen molar-refractivity contribution in [1.29, 1.82) is 0 Å². The number of hydrogen-bond acceptors (Lipinski definition) is 6. The van der Waals surface area contributed by atoms with Crippen molar-refractivity contribution in [3.8, 4) is 0 Å². The van der Waals surface area contributed by atoms with E-state index in [1.54, 1.807) is 21.3 Å². The summed E-state index contributed by atoms with van der Waals surface area (Å²) in [6.45, 7) is 2.31. The number of rotatable bonds is 6. The summed E-state index contributed by atoms with van der Waals surface area (Å²) < 4.78 is 15.9. The Balaban J connectivity index is 2.08. The van der Waals surface area contributed by atoms with Crippen LogP contribution >= 0.6 is 0 Å². The summed E-state index contributed by atoms with van der Waals surface area (Å²) in [7, 11) is 4.90. The minimum Gasteiger partial charge on any atom is -0.390 e. The zero-order valence-electron chi connectivity index (χ0n) is 12.0. The van der Waals surface area contributed by atoms with E-state index in [4.69, 9.17) is 14.2 Å². The predicted octanol–water partition coefficient (Wildman–Crippen LogP) is -0.677. The molecule has 0 bridgehead atoms. The highest BCUT2D eigenvalue weighted by atomic mass is 16.5. The predicted molar refractivity (Wildman–Crippen MR) is 70.9 cm³/mol. The van der Waals surface area contributed by atoms with Crippen LogP contribution in [0, 0.1) is 5.92 Å². The molecule has 1 heterocycles. The lowest BCUT2D eigenvalue weighted by Crippen LogP contribution is -2.78. The molecule has 19 heavy (non-hydrogen) atoms. The van der Waals surface area contributed by atoms with Gasteiger partial charge in [-0.25, -0.2) is 0 Å². The second-order valence-corrected chi connectivity index (χ2v) is 5.40. The van der Waals surface area contributed by atoms with Crippen LogP contribution in [0.15, 0.2) is 0 Å². The molecule has 4 atom stereocenters. The highest BCUT2D eigenvalue weighted by Crippen LogP contribution is 2.43. The van der Waals surface area contributed by atoms with E-state index in [2.05, 4.69) is 10.6 Å². The van der Waals surface area contributed by atoms with Gasteiger partial charge in [-0.1, -0.05) is 0 Å². The smallest absolute Gasteiger partial charge is 0.107 e. The molecule has 0 aromatic heterocycles. The van der Waals surface area contributed by atoms with Crippen LogP contribution in [0.25, 0.3) is 0 Å². The number of methoxy groups -OCH3 is 3. The molecule has 1 saturated heterocycles. The Morgan fingerprint density at radius 2 is 1.95 bits per heavy atom. The first-order chi connectivity index (χ1) is 9.18. The maximum absolute atomic E-state index is 10.6. The van der Waals surface area contributed by atoms with E-state index in [0.29, 0.717) is 6.61 Å². The van der Waals surface area contributed by atoms with Gasteiger partial charge in [0.05, 0.1) is 24.5 Å². The normalized spacial score (nSPS) is 32.8. The van der Waals surface area contributed by atoms with E-state index >= 15 is 0 Å². The lowest BCUT2D eigenvalue weighted by atomic mass is 9.65. The van der Waals surface area contributed by atoms with Crippen molar-refractivity contribution >= 4 is 0 Å². The van der Waals surface area contributed by atoms with Gasteiger partial charge >= 0.3 is 0 Å². The monoisotopic (exact) mass is 274 g/mol. The van der Waals surface area contributed by atoms with Gasteiger partial charge in [-0.3, -0.25) is 10.6 Å². The van der Waals surface area contributed by atoms with Crippen LogP contribution in [0.4, 0.5) is 0 Å². The van der Waals surface area contributed by atoms with Crippen molar-refractivity contribution in [2.75, 3.05) is 41.0 Å². The molecular weight excluding hydrogens is 248 g/mol. The average Bonchev–Trinajstić information content (AvgIpc) is 2.43. The SMILES string of the molecule is COC[C@@H](OC)[C@H](O)[C@H]1[C@H](OC)CC12NCCCN2. The Hall–Kier alpha value is -0.240. The Bertz CT molecular complexity index is 284. The lowest BCUT2D eigenvalue weighted by Gasteiger charge is -2.59. The molecule has 1 aliphatic heterocycles. The molecular formula is C13H26N2O4. The molecule has 0 aromatic rings. The van der Waals surface area contributed by atoms with Gasteiger partial charge in [-0.15, -0.1) is 0 Å². The summed E-state index contributed by atoms with van der Waals surface area (Å²) in [5.41, 5.74) is -0.219. The fourth-order valence-electron chi connectivity index (χ4n) is 3.33. The number of nitrogens with one attached hydrogen (secondary N) is 2. The minimum absolute atomic E-state index is 0.0297. The van der Waals surface area contributed by atoms with E-state index in [1.807, 2.05) is 0 Å². The molecule has 3 N–H and O–H groups in total. The van der Waals surface area contributed by atoms with Gasteiger partial charge in [0, 0.05) is 33.7 Å². The van der Waals surface area contributed by atoms with Crippen molar-refractivity contribution in [1.82, 2.24) is 10.6 Å². The largest absolute Gasteiger partial charge is 0.390 e. The van der Waals surface area contributed by atoms with Crippen LogP contribution in [0.1, 0.15) is 12.8 Å². The minimum atomic E-state index is -0.623. The second kappa shape index (κ2) is 6.47. The summed E-state index contributed by atoms with van der Waals surface area (Å²) in [4.78, 5) is 0. The maximum atomic E-state index is 10.6. The van der Waals surface area contributed by atoms with Crippen molar-refractivity contribution in [3.63, 3.8) is 0 Å². The number of ether oxygens (including phenoxy) is 3. The standard InChI is InChI=1S/C13H26N2O4/c1-17-8-10(19-3)12(16)11-9(18-2)7-13(11)14-5-4-6-15-13/h9-12,14-16H,4-8H2,1-3H3/t9-,10-,11-,12+/m1/s1. The first kappa shape index (κ1) is 15.2.